The molecule has 18 heavy (non-hydrogen) atoms. The first-order chi connectivity index (χ1) is 8.70. The number of nitrogens with zero attached hydrogens (tertiary/aromatic N) is 1. The third-order valence-electron chi connectivity index (χ3n) is 3.31. The van der Waals surface area contributed by atoms with Crippen molar-refractivity contribution in [3.05, 3.63) is 41.5 Å². The standard InChI is InChI=1S/C15H21NO2/c1-3-4-14-10-13(9-12(2)15(14)17)11-16-5-7-18-8-6-16/h3,9-10,17H,1,4-8,11H2,2H3. The molecular formula is C15H21NO2. The summed E-state index contributed by atoms with van der Waals surface area (Å²) in [4.78, 5) is 2.38. The van der Waals surface area contributed by atoms with Crippen LogP contribution in [-0.2, 0) is 17.7 Å². The van der Waals surface area contributed by atoms with E-state index in [4.69, 9.17) is 4.74 Å². The van der Waals surface area contributed by atoms with Crippen molar-refractivity contribution in [3.8, 4) is 5.75 Å². The molecule has 0 aromatic heterocycles. The van der Waals surface area contributed by atoms with Crippen LogP contribution in [0.2, 0.25) is 0 Å². The lowest BCUT2D eigenvalue weighted by atomic mass is 10.0. The third-order valence-corrected chi connectivity index (χ3v) is 3.31. The Labute approximate surface area is 109 Å². The Morgan fingerprint density at radius 2 is 2.11 bits per heavy atom. The first kappa shape index (κ1) is 13.1. The Hall–Kier alpha value is -1.32. The van der Waals surface area contributed by atoms with E-state index in [0.717, 1.165) is 44.0 Å². The van der Waals surface area contributed by atoms with Crippen molar-refractivity contribution >= 4 is 0 Å². The molecule has 3 nitrogen and oxygen atoms in total. The maximum absolute atomic E-state index is 9.98. The second-order valence-corrected chi connectivity index (χ2v) is 4.80. The third kappa shape index (κ3) is 3.12. The summed E-state index contributed by atoms with van der Waals surface area (Å²) < 4.78 is 5.35. The Morgan fingerprint density at radius 1 is 1.39 bits per heavy atom. The van der Waals surface area contributed by atoms with Crippen molar-refractivity contribution in [2.75, 3.05) is 26.3 Å². The predicted octanol–water partition coefficient (Wildman–Crippen LogP) is 2.26. The number of aromatic hydroxyl groups is 1. The zero-order valence-electron chi connectivity index (χ0n) is 11.0. The van der Waals surface area contributed by atoms with Crippen LogP contribution in [0.15, 0.2) is 24.8 Å². The Morgan fingerprint density at radius 3 is 2.78 bits per heavy atom. The van der Waals surface area contributed by atoms with Crippen LogP contribution in [0.25, 0.3) is 0 Å². The van der Waals surface area contributed by atoms with Gasteiger partial charge in [0.15, 0.2) is 0 Å². The number of phenolic OH excluding ortho intramolecular Hbond substituents is 1. The molecule has 1 aromatic rings. The minimum Gasteiger partial charge on any atom is -0.507 e. The smallest absolute Gasteiger partial charge is 0.122 e. The lowest BCUT2D eigenvalue weighted by Crippen LogP contribution is -2.35. The van der Waals surface area contributed by atoms with E-state index < -0.39 is 0 Å². The first-order valence-corrected chi connectivity index (χ1v) is 6.43. The van der Waals surface area contributed by atoms with E-state index in [-0.39, 0.29) is 0 Å². The minimum atomic E-state index is 0.403. The van der Waals surface area contributed by atoms with Gasteiger partial charge in [-0.05, 0) is 30.0 Å². The van der Waals surface area contributed by atoms with Crippen molar-refractivity contribution in [3.63, 3.8) is 0 Å². The Kier molecular flexibility index (Phi) is 4.39. The topological polar surface area (TPSA) is 32.7 Å². The van der Waals surface area contributed by atoms with E-state index in [2.05, 4.69) is 23.6 Å². The molecule has 0 saturated carbocycles. The van der Waals surface area contributed by atoms with Gasteiger partial charge in [0.25, 0.3) is 0 Å². The average molecular weight is 247 g/mol. The van der Waals surface area contributed by atoms with Gasteiger partial charge in [0.1, 0.15) is 5.75 Å². The van der Waals surface area contributed by atoms with E-state index in [1.54, 1.807) is 0 Å². The lowest BCUT2D eigenvalue weighted by molar-refractivity contribution is 0.0342. The minimum absolute atomic E-state index is 0.403. The van der Waals surface area contributed by atoms with Crippen LogP contribution in [0, 0.1) is 6.92 Å². The van der Waals surface area contributed by atoms with Gasteiger partial charge in [-0.15, -0.1) is 6.58 Å². The molecule has 1 saturated heterocycles. The molecule has 2 rings (SSSR count). The Bertz CT molecular complexity index is 423. The second kappa shape index (κ2) is 6.03. The van der Waals surface area contributed by atoms with Gasteiger partial charge in [0.2, 0.25) is 0 Å². The highest BCUT2D eigenvalue weighted by atomic mass is 16.5. The first-order valence-electron chi connectivity index (χ1n) is 6.43. The molecule has 0 radical (unpaired) electrons. The molecule has 0 aliphatic carbocycles. The fraction of sp³-hybridized carbons (Fsp3) is 0.467. The number of rotatable bonds is 4. The molecule has 0 bridgehead atoms. The van der Waals surface area contributed by atoms with Crippen LogP contribution >= 0.6 is 0 Å². The van der Waals surface area contributed by atoms with Gasteiger partial charge in [-0.25, -0.2) is 0 Å². The molecule has 1 aliphatic heterocycles. The fourth-order valence-electron chi connectivity index (χ4n) is 2.35. The summed E-state index contributed by atoms with van der Waals surface area (Å²) in [6.45, 7) is 10.2. The molecular weight excluding hydrogens is 226 g/mol. The van der Waals surface area contributed by atoms with Crippen molar-refractivity contribution in [1.29, 1.82) is 0 Å². The number of benzene rings is 1. The quantitative estimate of drug-likeness (QED) is 0.828. The predicted molar refractivity (Wildman–Crippen MR) is 72.8 cm³/mol. The lowest BCUT2D eigenvalue weighted by Gasteiger charge is -2.27. The summed E-state index contributed by atoms with van der Waals surface area (Å²) in [7, 11) is 0. The highest BCUT2D eigenvalue weighted by molar-refractivity contribution is 5.43. The van der Waals surface area contributed by atoms with Crippen molar-refractivity contribution in [2.24, 2.45) is 0 Å². The number of phenols is 1. The summed E-state index contributed by atoms with van der Waals surface area (Å²) in [5.41, 5.74) is 3.16. The van der Waals surface area contributed by atoms with Gasteiger partial charge in [0, 0.05) is 19.6 Å². The number of aryl methyl sites for hydroxylation is 1. The van der Waals surface area contributed by atoms with Crippen LogP contribution in [0.4, 0.5) is 0 Å². The maximum atomic E-state index is 9.98. The highest BCUT2D eigenvalue weighted by Gasteiger charge is 2.12. The maximum Gasteiger partial charge on any atom is 0.122 e. The summed E-state index contributed by atoms with van der Waals surface area (Å²) in [6.07, 6.45) is 2.54. The molecule has 0 amide bonds. The number of allylic oxidation sites excluding steroid dienone is 1. The van der Waals surface area contributed by atoms with Crippen LogP contribution in [0.5, 0.6) is 5.75 Å². The van der Waals surface area contributed by atoms with Gasteiger partial charge >= 0.3 is 0 Å². The van der Waals surface area contributed by atoms with E-state index in [9.17, 15) is 5.11 Å². The largest absolute Gasteiger partial charge is 0.507 e. The molecule has 0 unspecified atom stereocenters. The van der Waals surface area contributed by atoms with Crippen molar-refractivity contribution in [2.45, 2.75) is 19.9 Å². The molecule has 1 fully saturated rings. The zero-order chi connectivity index (χ0) is 13.0. The summed E-state index contributed by atoms with van der Waals surface area (Å²) in [6, 6.07) is 4.15. The summed E-state index contributed by atoms with van der Waals surface area (Å²) in [5.74, 6) is 0.403. The summed E-state index contributed by atoms with van der Waals surface area (Å²) in [5, 5.41) is 9.98. The monoisotopic (exact) mass is 247 g/mol. The van der Waals surface area contributed by atoms with Crippen molar-refractivity contribution < 1.29 is 9.84 Å². The second-order valence-electron chi connectivity index (χ2n) is 4.80. The van der Waals surface area contributed by atoms with Crippen molar-refractivity contribution in [1.82, 2.24) is 4.90 Å². The zero-order valence-corrected chi connectivity index (χ0v) is 11.0. The molecule has 0 atom stereocenters. The molecule has 1 heterocycles. The van der Waals surface area contributed by atoms with E-state index in [0.29, 0.717) is 12.2 Å². The fourth-order valence-corrected chi connectivity index (χ4v) is 2.35. The van der Waals surface area contributed by atoms with Crippen LogP contribution in [0.1, 0.15) is 16.7 Å². The molecule has 98 valence electrons. The normalized spacial score (nSPS) is 16.7. The van der Waals surface area contributed by atoms with Gasteiger partial charge in [-0.3, -0.25) is 4.90 Å². The van der Waals surface area contributed by atoms with Crippen LogP contribution in [-0.4, -0.2) is 36.3 Å². The molecule has 1 N–H and O–H groups in total. The van der Waals surface area contributed by atoms with Gasteiger partial charge < -0.3 is 9.84 Å². The number of hydrogen-bond donors (Lipinski definition) is 1. The number of ether oxygens (including phenoxy) is 1. The number of hydrogen-bond acceptors (Lipinski definition) is 3. The van der Waals surface area contributed by atoms with Gasteiger partial charge in [-0.1, -0.05) is 18.2 Å². The average Bonchev–Trinajstić information content (AvgIpc) is 2.37. The van der Waals surface area contributed by atoms with E-state index >= 15 is 0 Å². The van der Waals surface area contributed by atoms with Gasteiger partial charge in [-0.2, -0.15) is 0 Å². The van der Waals surface area contributed by atoms with Gasteiger partial charge in [0.05, 0.1) is 13.2 Å². The highest BCUT2D eigenvalue weighted by Crippen LogP contribution is 2.25. The molecule has 1 aromatic carbocycles. The van der Waals surface area contributed by atoms with E-state index in [1.807, 2.05) is 13.0 Å². The molecule has 0 spiro atoms. The SMILES string of the molecule is C=CCc1cc(CN2CCOCC2)cc(C)c1O. The van der Waals surface area contributed by atoms with Crippen LogP contribution in [0.3, 0.4) is 0 Å². The Balaban J connectivity index is 2.14. The molecule has 3 heteroatoms. The molecule has 1 aliphatic rings. The number of morpholine rings is 1. The van der Waals surface area contributed by atoms with E-state index in [1.165, 1.54) is 5.56 Å². The summed E-state index contributed by atoms with van der Waals surface area (Å²) >= 11 is 0. The van der Waals surface area contributed by atoms with Crippen LogP contribution < -0.4 is 0 Å².